The van der Waals surface area contributed by atoms with Crippen LogP contribution < -0.4 is 4.90 Å². The number of rotatable bonds is 4. The molecule has 6 heteroatoms. The summed E-state index contributed by atoms with van der Waals surface area (Å²) in [5, 5.41) is 11.2. The lowest BCUT2D eigenvalue weighted by atomic mass is 10.00. The van der Waals surface area contributed by atoms with Gasteiger partial charge in [0.1, 0.15) is 5.15 Å². The smallest absolute Gasteiger partial charge is 0.311 e. The van der Waals surface area contributed by atoms with Gasteiger partial charge >= 0.3 is 5.69 Å². The molecule has 0 unspecified atom stereocenters. The van der Waals surface area contributed by atoms with Gasteiger partial charge in [0, 0.05) is 18.7 Å². The normalized spacial score (nSPS) is 11.4. The maximum Gasteiger partial charge on any atom is 0.311 e. The van der Waals surface area contributed by atoms with E-state index in [0.717, 1.165) is 6.42 Å². The number of halogens is 1. The van der Waals surface area contributed by atoms with Gasteiger partial charge in [0.15, 0.2) is 0 Å². The molecule has 0 saturated carbocycles. The molecule has 1 aromatic heterocycles. The highest BCUT2D eigenvalue weighted by Crippen LogP contribution is 2.32. The first-order valence-electron chi connectivity index (χ1n) is 5.34. The van der Waals surface area contributed by atoms with Crippen LogP contribution in [0.15, 0.2) is 12.1 Å². The number of nitro groups is 1. The fourth-order valence-electron chi connectivity index (χ4n) is 1.33. The minimum atomic E-state index is -0.444. The molecule has 0 aliphatic heterocycles. The zero-order chi connectivity index (χ0) is 13.2. The Labute approximate surface area is 106 Å². The molecule has 0 aliphatic rings. The van der Waals surface area contributed by atoms with Crippen molar-refractivity contribution >= 4 is 23.1 Å². The summed E-state index contributed by atoms with van der Waals surface area (Å²) in [5.74, 6) is 0.300. The average molecular weight is 258 g/mol. The summed E-state index contributed by atoms with van der Waals surface area (Å²) in [6.45, 7) is 6.02. The highest BCUT2D eigenvalue weighted by Gasteiger charge is 2.28. The van der Waals surface area contributed by atoms with Crippen molar-refractivity contribution in [1.82, 2.24) is 4.98 Å². The largest absolute Gasteiger partial charge is 0.349 e. The van der Waals surface area contributed by atoms with Crippen molar-refractivity contribution in [3.05, 3.63) is 27.4 Å². The third kappa shape index (κ3) is 2.85. The molecule has 1 aromatic rings. The average Bonchev–Trinajstić information content (AvgIpc) is 2.27. The van der Waals surface area contributed by atoms with Gasteiger partial charge in [0.05, 0.1) is 4.92 Å². The first-order chi connectivity index (χ1) is 7.79. The van der Waals surface area contributed by atoms with Gasteiger partial charge in [-0.2, -0.15) is 0 Å². The van der Waals surface area contributed by atoms with E-state index < -0.39 is 4.92 Å². The molecule has 94 valence electrons. The van der Waals surface area contributed by atoms with Crippen LogP contribution in [0, 0.1) is 10.1 Å². The summed E-state index contributed by atoms with van der Waals surface area (Å²) >= 11 is 5.80. The second kappa shape index (κ2) is 4.87. The maximum atomic E-state index is 10.9. The summed E-state index contributed by atoms with van der Waals surface area (Å²) in [6.07, 6.45) is 0.842. The maximum absolute atomic E-state index is 10.9. The third-order valence-corrected chi connectivity index (χ3v) is 3.32. The first kappa shape index (κ1) is 13.7. The second-order valence-corrected chi connectivity index (χ2v) is 4.85. The van der Waals surface area contributed by atoms with Crippen LogP contribution in [0.2, 0.25) is 5.15 Å². The standard InChI is InChI=1S/C11H16ClN3O2/c1-5-11(2,3)14(4)10-8(15(16)17)6-7-9(12)13-10/h6-7H,5H2,1-4H3. The van der Waals surface area contributed by atoms with Gasteiger partial charge in [-0.25, -0.2) is 4.98 Å². The Bertz CT molecular complexity index is 435. The quantitative estimate of drug-likeness (QED) is 0.472. The van der Waals surface area contributed by atoms with E-state index in [2.05, 4.69) is 4.98 Å². The molecular formula is C11H16ClN3O2. The summed E-state index contributed by atoms with van der Waals surface area (Å²) in [4.78, 5) is 16.4. The summed E-state index contributed by atoms with van der Waals surface area (Å²) < 4.78 is 0. The Morgan fingerprint density at radius 2 is 2.12 bits per heavy atom. The van der Waals surface area contributed by atoms with Crippen LogP contribution in [0.1, 0.15) is 27.2 Å². The van der Waals surface area contributed by atoms with Crippen molar-refractivity contribution < 1.29 is 4.92 Å². The molecule has 0 N–H and O–H groups in total. The van der Waals surface area contributed by atoms with Gasteiger partial charge in [0.2, 0.25) is 5.82 Å². The van der Waals surface area contributed by atoms with Crippen LogP contribution in [-0.2, 0) is 0 Å². The topological polar surface area (TPSA) is 59.3 Å². The molecule has 1 heterocycles. The lowest BCUT2D eigenvalue weighted by molar-refractivity contribution is -0.384. The third-order valence-electron chi connectivity index (χ3n) is 3.11. The van der Waals surface area contributed by atoms with Gasteiger partial charge in [-0.3, -0.25) is 10.1 Å². The zero-order valence-electron chi connectivity index (χ0n) is 10.4. The van der Waals surface area contributed by atoms with Crippen LogP contribution in [0.5, 0.6) is 0 Å². The van der Waals surface area contributed by atoms with E-state index in [9.17, 15) is 10.1 Å². The van der Waals surface area contributed by atoms with E-state index in [1.807, 2.05) is 20.8 Å². The zero-order valence-corrected chi connectivity index (χ0v) is 11.2. The molecule has 0 fully saturated rings. The monoisotopic (exact) mass is 257 g/mol. The molecule has 0 bridgehead atoms. The molecule has 0 saturated heterocycles. The van der Waals surface area contributed by atoms with Gasteiger partial charge in [-0.15, -0.1) is 0 Å². The molecule has 1 rings (SSSR count). The number of nitrogens with zero attached hydrogens (tertiary/aromatic N) is 3. The Kier molecular flexibility index (Phi) is 3.93. The van der Waals surface area contributed by atoms with E-state index >= 15 is 0 Å². The van der Waals surface area contributed by atoms with Crippen molar-refractivity contribution in [2.45, 2.75) is 32.7 Å². The molecular weight excluding hydrogens is 242 g/mol. The number of pyridine rings is 1. The minimum Gasteiger partial charge on any atom is -0.349 e. The highest BCUT2D eigenvalue weighted by atomic mass is 35.5. The van der Waals surface area contributed by atoms with Crippen molar-refractivity contribution in [2.24, 2.45) is 0 Å². The van der Waals surface area contributed by atoms with Crippen LogP contribution in [0.25, 0.3) is 0 Å². The molecule has 0 amide bonds. The molecule has 0 aromatic carbocycles. The predicted octanol–water partition coefficient (Wildman–Crippen LogP) is 3.27. The SMILES string of the molecule is CCC(C)(C)N(C)c1nc(Cl)ccc1[N+](=O)[O-]. The van der Waals surface area contributed by atoms with Crippen LogP contribution >= 0.6 is 11.6 Å². The molecule has 17 heavy (non-hydrogen) atoms. The summed E-state index contributed by atoms with van der Waals surface area (Å²) in [5.41, 5.74) is -0.249. The molecule has 0 aliphatic carbocycles. The fourth-order valence-corrected chi connectivity index (χ4v) is 1.47. The predicted molar refractivity (Wildman–Crippen MR) is 68.7 cm³/mol. The summed E-state index contributed by atoms with van der Waals surface area (Å²) in [7, 11) is 1.79. The highest BCUT2D eigenvalue weighted by molar-refractivity contribution is 6.29. The van der Waals surface area contributed by atoms with Gasteiger partial charge in [-0.05, 0) is 26.3 Å². The lowest BCUT2D eigenvalue weighted by Gasteiger charge is -2.35. The van der Waals surface area contributed by atoms with Crippen molar-refractivity contribution in [2.75, 3.05) is 11.9 Å². The van der Waals surface area contributed by atoms with Gasteiger partial charge in [-0.1, -0.05) is 18.5 Å². The number of hydrogen-bond donors (Lipinski definition) is 0. The molecule has 5 nitrogen and oxygen atoms in total. The van der Waals surface area contributed by atoms with E-state index in [1.54, 1.807) is 11.9 Å². The first-order valence-corrected chi connectivity index (χ1v) is 5.72. The Morgan fingerprint density at radius 1 is 1.53 bits per heavy atom. The van der Waals surface area contributed by atoms with Crippen molar-refractivity contribution in [3.8, 4) is 0 Å². The number of hydrogen-bond acceptors (Lipinski definition) is 4. The fraction of sp³-hybridized carbons (Fsp3) is 0.545. The second-order valence-electron chi connectivity index (χ2n) is 4.46. The Hall–Kier alpha value is -1.36. The molecule has 0 radical (unpaired) electrons. The van der Waals surface area contributed by atoms with Crippen LogP contribution in [0.3, 0.4) is 0 Å². The summed E-state index contributed by atoms with van der Waals surface area (Å²) in [6, 6.07) is 2.81. The van der Waals surface area contributed by atoms with Crippen LogP contribution in [-0.4, -0.2) is 22.5 Å². The van der Waals surface area contributed by atoms with Gasteiger partial charge in [0.25, 0.3) is 0 Å². The van der Waals surface area contributed by atoms with Gasteiger partial charge < -0.3 is 4.90 Å². The lowest BCUT2D eigenvalue weighted by Crippen LogP contribution is -2.41. The van der Waals surface area contributed by atoms with E-state index in [-0.39, 0.29) is 16.4 Å². The molecule has 0 spiro atoms. The Morgan fingerprint density at radius 3 is 2.59 bits per heavy atom. The molecule has 0 atom stereocenters. The van der Waals surface area contributed by atoms with E-state index in [1.165, 1.54) is 12.1 Å². The minimum absolute atomic E-state index is 0.0292. The Balaban J connectivity index is 3.29. The van der Waals surface area contributed by atoms with E-state index in [0.29, 0.717) is 5.82 Å². The number of anilines is 1. The number of aromatic nitrogens is 1. The van der Waals surface area contributed by atoms with E-state index in [4.69, 9.17) is 11.6 Å². The van der Waals surface area contributed by atoms with Crippen molar-refractivity contribution in [1.29, 1.82) is 0 Å². The van der Waals surface area contributed by atoms with Crippen LogP contribution in [0.4, 0.5) is 11.5 Å². The van der Waals surface area contributed by atoms with Crippen molar-refractivity contribution in [3.63, 3.8) is 0 Å².